The first-order valence-corrected chi connectivity index (χ1v) is 8.60. The molecule has 136 valence electrons. The van der Waals surface area contributed by atoms with E-state index in [1.165, 1.54) is 4.90 Å². The fraction of sp³-hybridized carbons (Fsp3) is 0.526. The highest BCUT2D eigenvalue weighted by molar-refractivity contribution is 6.09. The van der Waals surface area contributed by atoms with Gasteiger partial charge in [-0.05, 0) is 18.4 Å². The molecule has 2 N–H and O–H groups in total. The molecular weight excluding hydrogens is 320 g/mol. The van der Waals surface area contributed by atoms with E-state index in [1.807, 2.05) is 44.2 Å². The van der Waals surface area contributed by atoms with Gasteiger partial charge < -0.3 is 10.4 Å². The monoisotopic (exact) mass is 346 g/mol. The van der Waals surface area contributed by atoms with Crippen molar-refractivity contribution in [3.8, 4) is 0 Å². The molecule has 2 atom stereocenters. The normalized spacial score (nSPS) is 21.7. The number of aliphatic hydroxyl groups is 1. The van der Waals surface area contributed by atoms with Gasteiger partial charge in [0.1, 0.15) is 0 Å². The lowest BCUT2D eigenvalue weighted by Crippen LogP contribution is -2.43. The van der Waals surface area contributed by atoms with Gasteiger partial charge in [0.05, 0.1) is 18.1 Å². The van der Waals surface area contributed by atoms with Crippen molar-refractivity contribution in [1.82, 2.24) is 10.2 Å². The summed E-state index contributed by atoms with van der Waals surface area (Å²) in [6, 6.07) is 8.91. The molecule has 1 saturated heterocycles. The Kier molecular flexibility index (Phi) is 5.95. The first kappa shape index (κ1) is 19.1. The predicted molar refractivity (Wildman–Crippen MR) is 93.6 cm³/mol. The lowest BCUT2D eigenvalue weighted by molar-refractivity contribution is -0.140. The Morgan fingerprint density at radius 1 is 1.28 bits per heavy atom. The summed E-state index contributed by atoms with van der Waals surface area (Å²) in [5.74, 6) is -0.696. The van der Waals surface area contributed by atoms with Crippen LogP contribution in [0.4, 0.5) is 0 Å². The van der Waals surface area contributed by atoms with Crippen molar-refractivity contribution in [2.24, 2.45) is 5.92 Å². The number of hydrogen-bond donors (Lipinski definition) is 2. The molecule has 1 heterocycles. The molecule has 0 saturated carbocycles. The van der Waals surface area contributed by atoms with Crippen LogP contribution in [0.2, 0.25) is 0 Å². The van der Waals surface area contributed by atoms with Gasteiger partial charge >= 0.3 is 0 Å². The Balaban J connectivity index is 2.00. The van der Waals surface area contributed by atoms with Gasteiger partial charge in [-0.15, -0.1) is 0 Å². The number of hydrogen-bond acceptors (Lipinski definition) is 4. The molecule has 1 aromatic carbocycles. The van der Waals surface area contributed by atoms with Crippen LogP contribution in [-0.4, -0.2) is 46.9 Å². The van der Waals surface area contributed by atoms with Crippen molar-refractivity contribution in [2.45, 2.75) is 45.1 Å². The maximum absolute atomic E-state index is 12.8. The Morgan fingerprint density at radius 2 is 1.92 bits per heavy atom. The standard InChI is InChI=1S/C19H26N2O4/c1-13(2)15(12-22)20-16(23)9-10-21-17(24)11-19(3,18(21)25)14-7-5-4-6-8-14/h4-8,13,15,22H,9-12H2,1-3H3,(H,20,23)/t15-,19-/m0/s1. The maximum atomic E-state index is 12.8. The molecule has 0 spiro atoms. The molecule has 25 heavy (non-hydrogen) atoms. The molecule has 2 rings (SSSR count). The van der Waals surface area contributed by atoms with Gasteiger partial charge in [0.2, 0.25) is 17.7 Å². The van der Waals surface area contributed by atoms with Crippen molar-refractivity contribution in [1.29, 1.82) is 0 Å². The molecular formula is C19H26N2O4. The number of imide groups is 1. The van der Waals surface area contributed by atoms with Gasteiger partial charge in [-0.2, -0.15) is 0 Å². The van der Waals surface area contributed by atoms with Crippen LogP contribution < -0.4 is 5.32 Å². The van der Waals surface area contributed by atoms with Crippen LogP contribution in [0.1, 0.15) is 39.2 Å². The van der Waals surface area contributed by atoms with Crippen molar-refractivity contribution in [3.05, 3.63) is 35.9 Å². The van der Waals surface area contributed by atoms with E-state index in [2.05, 4.69) is 5.32 Å². The van der Waals surface area contributed by atoms with Crippen molar-refractivity contribution in [3.63, 3.8) is 0 Å². The van der Waals surface area contributed by atoms with E-state index in [1.54, 1.807) is 6.92 Å². The van der Waals surface area contributed by atoms with Crippen LogP contribution in [0, 0.1) is 5.92 Å². The summed E-state index contributed by atoms with van der Waals surface area (Å²) in [7, 11) is 0. The molecule has 0 bridgehead atoms. The first-order chi connectivity index (χ1) is 11.8. The number of nitrogens with one attached hydrogen (secondary N) is 1. The smallest absolute Gasteiger partial charge is 0.240 e. The van der Waals surface area contributed by atoms with Gasteiger partial charge in [0, 0.05) is 19.4 Å². The average Bonchev–Trinajstić information content (AvgIpc) is 2.81. The zero-order valence-electron chi connectivity index (χ0n) is 15.0. The molecule has 1 aliphatic rings. The third-order valence-corrected chi connectivity index (χ3v) is 4.84. The maximum Gasteiger partial charge on any atom is 0.240 e. The molecule has 6 nitrogen and oxygen atoms in total. The number of benzene rings is 1. The van der Waals surface area contributed by atoms with Crippen LogP contribution in [-0.2, 0) is 19.8 Å². The summed E-state index contributed by atoms with van der Waals surface area (Å²) >= 11 is 0. The average molecular weight is 346 g/mol. The topological polar surface area (TPSA) is 86.7 Å². The highest BCUT2D eigenvalue weighted by Crippen LogP contribution is 2.36. The van der Waals surface area contributed by atoms with E-state index in [9.17, 15) is 19.5 Å². The number of likely N-dealkylation sites (tertiary alicyclic amines) is 1. The zero-order chi connectivity index (χ0) is 18.6. The Bertz CT molecular complexity index is 644. The number of carbonyl (C=O) groups excluding carboxylic acids is 3. The second-order valence-electron chi connectivity index (χ2n) is 7.08. The molecule has 0 unspecified atom stereocenters. The van der Waals surface area contributed by atoms with E-state index in [4.69, 9.17) is 0 Å². The van der Waals surface area contributed by atoms with E-state index < -0.39 is 5.41 Å². The molecule has 3 amide bonds. The van der Waals surface area contributed by atoms with Crippen LogP contribution in [0.15, 0.2) is 30.3 Å². The minimum atomic E-state index is -0.875. The third-order valence-electron chi connectivity index (χ3n) is 4.84. The van der Waals surface area contributed by atoms with Gasteiger partial charge in [-0.25, -0.2) is 0 Å². The van der Waals surface area contributed by atoms with Crippen LogP contribution in [0.3, 0.4) is 0 Å². The highest BCUT2D eigenvalue weighted by Gasteiger charge is 2.49. The number of nitrogens with zero attached hydrogens (tertiary/aromatic N) is 1. The van der Waals surface area contributed by atoms with Gasteiger partial charge in [-0.3, -0.25) is 19.3 Å². The van der Waals surface area contributed by atoms with E-state index in [0.717, 1.165) is 5.56 Å². The largest absolute Gasteiger partial charge is 0.394 e. The number of carbonyl (C=O) groups is 3. The van der Waals surface area contributed by atoms with Gasteiger partial charge in [-0.1, -0.05) is 44.2 Å². The summed E-state index contributed by atoms with van der Waals surface area (Å²) in [5, 5.41) is 12.0. The number of amides is 3. The second kappa shape index (κ2) is 7.78. The molecule has 0 radical (unpaired) electrons. The summed E-state index contributed by atoms with van der Waals surface area (Å²) in [6.07, 6.45) is 0.147. The molecule has 1 aliphatic heterocycles. The second-order valence-corrected chi connectivity index (χ2v) is 7.08. The molecule has 0 aliphatic carbocycles. The van der Waals surface area contributed by atoms with Crippen LogP contribution in [0.5, 0.6) is 0 Å². The van der Waals surface area contributed by atoms with E-state index >= 15 is 0 Å². The first-order valence-electron chi connectivity index (χ1n) is 8.60. The molecule has 6 heteroatoms. The fourth-order valence-electron chi connectivity index (χ4n) is 3.06. The summed E-state index contributed by atoms with van der Waals surface area (Å²) in [4.78, 5) is 38.3. The molecule has 1 fully saturated rings. The van der Waals surface area contributed by atoms with Crippen molar-refractivity contribution < 1.29 is 19.5 Å². The SMILES string of the molecule is CC(C)[C@H](CO)NC(=O)CCN1C(=O)C[C@@](C)(c2ccccc2)C1=O. The summed E-state index contributed by atoms with van der Waals surface area (Å²) in [5.41, 5.74) is -0.0686. The zero-order valence-corrected chi connectivity index (χ0v) is 15.0. The summed E-state index contributed by atoms with van der Waals surface area (Å²) < 4.78 is 0. The fourth-order valence-corrected chi connectivity index (χ4v) is 3.06. The van der Waals surface area contributed by atoms with Crippen LogP contribution in [0.25, 0.3) is 0 Å². The quantitative estimate of drug-likeness (QED) is 0.727. The Morgan fingerprint density at radius 3 is 2.48 bits per heavy atom. The van der Waals surface area contributed by atoms with E-state index in [0.29, 0.717) is 0 Å². The highest BCUT2D eigenvalue weighted by atomic mass is 16.3. The van der Waals surface area contributed by atoms with Crippen molar-refractivity contribution >= 4 is 17.7 Å². The molecule has 1 aromatic rings. The predicted octanol–water partition coefficient (Wildman–Crippen LogP) is 1.23. The van der Waals surface area contributed by atoms with Crippen molar-refractivity contribution in [2.75, 3.05) is 13.2 Å². The minimum Gasteiger partial charge on any atom is -0.394 e. The third kappa shape index (κ3) is 4.07. The summed E-state index contributed by atoms with van der Waals surface area (Å²) in [6.45, 7) is 5.49. The lowest BCUT2D eigenvalue weighted by atomic mass is 9.81. The Labute approximate surface area is 148 Å². The van der Waals surface area contributed by atoms with Gasteiger partial charge in [0.25, 0.3) is 0 Å². The lowest BCUT2D eigenvalue weighted by Gasteiger charge is -2.23. The number of rotatable bonds is 7. The van der Waals surface area contributed by atoms with Crippen LogP contribution >= 0.6 is 0 Å². The molecule has 0 aromatic heterocycles. The minimum absolute atomic E-state index is 0.0333. The van der Waals surface area contributed by atoms with E-state index in [-0.39, 0.29) is 55.7 Å². The number of aliphatic hydroxyl groups excluding tert-OH is 1. The van der Waals surface area contributed by atoms with Gasteiger partial charge in [0.15, 0.2) is 0 Å². The Hall–Kier alpha value is -2.21.